The van der Waals surface area contributed by atoms with E-state index in [0.29, 0.717) is 5.56 Å². The molecule has 1 N–H and O–H groups in total. The van der Waals surface area contributed by atoms with Gasteiger partial charge in [-0.2, -0.15) is 13.9 Å². The van der Waals surface area contributed by atoms with Crippen LogP contribution in [-0.4, -0.2) is 32.1 Å². The summed E-state index contributed by atoms with van der Waals surface area (Å²) in [5.74, 6) is -1.30. The van der Waals surface area contributed by atoms with Crippen molar-refractivity contribution in [3.05, 3.63) is 60.4 Å². The number of rotatable bonds is 8. The highest BCUT2D eigenvalue weighted by Gasteiger charge is 2.33. The number of anilines is 1. The molecule has 0 bridgehead atoms. The molecule has 4 aromatic rings. The molecule has 0 saturated carbocycles. The summed E-state index contributed by atoms with van der Waals surface area (Å²) in [5, 5.41) is 7.64. The first kappa shape index (κ1) is 22.5. The van der Waals surface area contributed by atoms with E-state index in [9.17, 15) is 26.2 Å². The Kier molecular flexibility index (Phi) is 6.18. The van der Waals surface area contributed by atoms with Crippen molar-refractivity contribution in [1.82, 2.24) is 14.9 Å². The predicted octanol–water partition coefficient (Wildman–Crippen LogP) is 4.71. The van der Waals surface area contributed by atoms with E-state index in [0.717, 1.165) is 12.1 Å². The molecule has 8 nitrogen and oxygen atoms in total. The Morgan fingerprint density at radius 3 is 2.64 bits per heavy atom. The minimum atomic E-state index is -5.01. The third-order valence-electron chi connectivity index (χ3n) is 4.18. The lowest BCUT2D eigenvalue weighted by Crippen LogP contribution is -2.19. The Labute approximate surface area is 184 Å². The van der Waals surface area contributed by atoms with Crippen LogP contribution in [-0.2, 0) is 17.5 Å². The first-order valence-corrected chi connectivity index (χ1v) is 10.2. The summed E-state index contributed by atoms with van der Waals surface area (Å²) in [6.45, 7) is -2.98. The topological polar surface area (TPSA) is 91.4 Å². The van der Waals surface area contributed by atoms with Crippen LogP contribution in [0, 0.1) is 0 Å². The van der Waals surface area contributed by atoms with Crippen molar-refractivity contribution in [2.45, 2.75) is 24.4 Å². The normalized spacial score (nSPS) is 12.8. The molecule has 0 radical (unpaired) electrons. The average Bonchev–Trinajstić information content (AvgIpc) is 3.37. The number of nitrogens with zero attached hydrogens (tertiary/aromatic N) is 3. The molecule has 0 fully saturated rings. The lowest BCUT2D eigenvalue weighted by molar-refractivity contribution is -0.275. The van der Waals surface area contributed by atoms with Crippen LogP contribution in [0.1, 0.15) is 5.56 Å². The molecule has 1 unspecified atom stereocenters. The standard InChI is InChI=1S/C19H13F5N4O4S/c20-18(21)30-13-8-11(10-28-7-3-6-25-28)9-14-16(13)17(26-32-14)27-33(29)15-5-2-1-4-12(15)31-19(22,23)24/h1-9,18H,10H2,(H,26,27). The Bertz CT molecular complexity index is 1280. The number of halogens is 5. The highest BCUT2D eigenvalue weighted by Crippen LogP contribution is 2.36. The summed E-state index contributed by atoms with van der Waals surface area (Å²) in [6.07, 6.45) is -1.81. The number of hydrogen-bond donors (Lipinski definition) is 1. The zero-order valence-electron chi connectivity index (χ0n) is 16.3. The molecule has 0 spiro atoms. The smallest absolute Gasteiger partial charge is 0.434 e. The van der Waals surface area contributed by atoms with Gasteiger partial charge in [-0.25, -0.2) is 4.21 Å². The van der Waals surface area contributed by atoms with Crippen molar-refractivity contribution < 1.29 is 40.2 Å². The second-order valence-corrected chi connectivity index (χ2v) is 7.63. The number of alkyl halides is 5. The van der Waals surface area contributed by atoms with E-state index in [4.69, 9.17) is 4.52 Å². The molecule has 0 amide bonds. The van der Waals surface area contributed by atoms with E-state index >= 15 is 0 Å². The van der Waals surface area contributed by atoms with E-state index in [-0.39, 0.29) is 34.0 Å². The second kappa shape index (κ2) is 9.05. The van der Waals surface area contributed by atoms with E-state index in [1.54, 1.807) is 18.5 Å². The molecular weight excluding hydrogens is 475 g/mol. The molecule has 2 aromatic heterocycles. The van der Waals surface area contributed by atoms with Crippen LogP contribution in [0.25, 0.3) is 11.0 Å². The number of aromatic nitrogens is 3. The number of para-hydroxylation sites is 1. The van der Waals surface area contributed by atoms with Gasteiger partial charge in [0.05, 0.1) is 6.54 Å². The molecule has 33 heavy (non-hydrogen) atoms. The van der Waals surface area contributed by atoms with Crippen molar-refractivity contribution in [3.63, 3.8) is 0 Å². The van der Waals surface area contributed by atoms with E-state index in [2.05, 4.69) is 24.5 Å². The number of hydrogen-bond acceptors (Lipinski definition) is 6. The van der Waals surface area contributed by atoms with Crippen molar-refractivity contribution in [2.24, 2.45) is 0 Å². The van der Waals surface area contributed by atoms with E-state index in [1.165, 1.54) is 28.9 Å². The fourth-order valence-corrected chi connectivity index (χ4v) is 3.90. The quantitative estimate of drug-likeness (QED) is 0.362. The summed E-state index contributed by atoms with van der Waals surface area (Å²) in [6, 6.07) is 9.23. The van der Waals surface area contributed by atoms with Crippen LogP contribution in [0.15, 0.2) is 64.3 Å². The first-order chi connectivity index (χ1) is 15.7. The van der Waals surface area contributed by atoms with Gasteiger partial charge < -0.3 is 14.0 Å². The fourth-order valence-electron chi connectivity index (χ4n) is 2.98. The Morgan fingerprint density at radius 2 is 1.94 bits per heavy atom. The monoisotopic (exact) mass is 488 g/mol. The zero-order valence-corrected chi connectivity index (χ0v) is 17.1. The molecule has 0 aliphatic heterocycles. The summed E-state index contributed by atoms with van der Waals surface area (Å²) >= 11 is 0. The van der Waals surface area contributed by atoms with Gasteiger partial charge in [-0.1, -0.05) is 17.3 Å². The number of nitrogens with one attached hydrogen (secondary N) is 1. The molecule has 0 saturated heterocycles. The lowest BCUT2D eigenvalue weighted by atomic mass is 10.1. The highest BCUT2D eigenvalue weighted by atomic mass is 32.2. The number of ether oxygens (including phenoxy) is 2. The van der Waals surface area contributed by atoms with Crippen molar-refractivity contribution >= 4 is 27.8 Å². The first-order valence-electron chi connectivity index (χ1n) is 9.07. The van der Waals surface area contributed by atoms with Crippen molar-refractivity contribution in [3.8, 4) is 11.5 Å². The predicted molar refractivity (Wildman–Crippen MR) is 105 cm³/mol. The SMILES string of the molecule is O=S(Nc1noc2cc(Cn3cccn3)cc(OC(F)F)c12)c1ccccc1OC(F)(F)F. The molecule has 0 aliphatic carbocycles. The molecule has 174 valence electrons. The van der Waals surface area contributed by atoms with Gasteiger partial charge in [0.1, 0.15) is 21.8 Å². The Morgan fingerprint density at radius 1 is 1.15 bits per heavy atom. The minimum Gasteiger partial charge on any atom is -0.434 e. The molecule has 1 atom stereocenters. The van der Waals surface area contributed by atoms with Crippen molar-refractivity contribution in [1.29, 1.82) is 0 Å². The van der Waals surface area contributed by atoms with Gasteiger partial charge in [0.25, 0.3) is 0 Å². The number of benzene rings is 2. The van der Waals surface area contributed by atoms with E-state index < -0.39 is 29.7 Å². The van der Waals surface area contributed by atoms with Crippen LogP contribution in [0.3, 0.4) is 0 Å². The summed E-state index contributed by atoms with van der Waals surface area (Å²) in [7, 11) is -2.32. The molecular formula is C19H13F5N4O4S. The van der Waals surface area contributed by atoms with Gasteiger partial charge in [0, 0.05) is 12.4 Å². The molecule has 2 heterocycles. The van der Waals surface area contributed by atoms with Gasteiger partial charge in [-0.05, 0) is 35.9 Å². The van der Waals surface area contributed by atoms with Crippen molar-refractivity contribution in [2.75, 3.05) is 4.72 Å². The average molecular weight is 488 g/mol. The molecule has 14 heteroatoms. The van der Waals surface area contributed by atoms with E-state index in [1.807, 2.05) is 0 Å². The molecule has 4 rings (SSSR count). The third kappa shape index (κ3) is 5.39. The highest BCUT2D eigenvalue weighted by molar-refractivity contribution is 7.86. The van der Waals surface area contributed by atoms with Crippen LogP contribution >= 0.6 is 0 Å². The van der Waals surface area contributed by atoms with Crippen LogP contribution in [0.5, 0.6) is 11.5 Å². The van der Waals surface area contributed by atoms with Crippen LogP contribution < -0.4 is 14.2 Å². The largest absolute Gasteiger partial charge is 0.573 e. The fraction of sp³-hybridized carbons (Fsp3) is 0.158. The van der Waals surface area contributed by atoms with Gasteiger partial charge in [-0.3, -0.25) is 9.40 Å². The van der Waals surface area contributed by atoms with Gasteiger partial charge in [-0.15, -0.1) is 13.2 Å². The van der Waals surface area contributed by atoms with Gasteiger partial charge >= 0.3 is 13.0 Å². The maximum absolute atomic E-state index is 13.0. The maximum Gasteiger partial charge on any atom is 0.573 e. The second-order valence-electron chi connectivity index (χ2n) is 6.45. The minimum absolute atomic E-state index is 0.0228. The maximum atomic E-state index is 13.0. The molecule has 2 aromatic carbocycles. The summed E-state index contributed by atoms with van der Waals surface area (Å²) in [5.41, 5.74) is 0.518. The Balaban J connectivity index is 1.68. The third-order valence-corrected chi connectivity index (χ3v) is 5.30. The van der Waals surface area contributed by atoms with Crippen LogP contribution in [0.2, 0.25) is 0 Å². The molecule has 0 aliphatic rings. The Hall–Kier alpha value is -3.68. The van der Waals surface area contributed by atoms with Crippen LogP contribution in [0.4, 0.5) is 27.8 Å². The number of fused-ring (bicyclic) bond motifs is 1. The summed E-state index contributed by atoms with van der Waals surface area (Å²) < 4.78 is 94.3. The van der Waals surface area contributed by atoms with Gasteiger partial charge in [0.2, 0.25) is 0 Å². The lowest BCUT2D eigenvalue weighted by Gasteiger charge is -2.13. The zero-order chi connectivity index (χ0) is 23.6. The summed E-state index contributed by atoms with van der Waals surface area (Å²) in [4.78, 5) is -0.349. The van der Waals surface area contributed by atoms with Gasteiger partial charge in [0.15, 0.2) is 22.4 Å².